The summed E-state index contributed by atoms with van der Waals surface area (Å²) in [7, 11) is -4.82. The van der Waals surface area contributed by atoms with Gasteiger partial charge in [-0.2, -0.15) is 13.5 Å². The summed E-state index contributed by atoms with van der Waals surface area (Å²) in [4.78, 5) is 31.8. The first-order valence-corrected chi connectivity index (χ1v) is 9.98. The normalized spacial score (nSPS) is 24.0. The third-order valence-electron chi connectivity index (χ3n) is 4.14. The molecule has 144 valence electrons. The lowest BCUT2D eigenvalue weighted by Gasteiger charge is -2.29. The number of rotatable bonds is 7. The van der Waals surface area contributed by atoms with Crippen LogP contribution in [0.3, 0.4) is 0 Å². The summed E-state index contributed by atoms with van der Waals surface area (Å²) in [5, 5.41) is 2.46. The highest BCUT2D eigenvalue weighted by atomic mass is 32.3. The van der Waals surface area contributed by atoms with E-state index in [1.807, 2.05) is 17.5 Å². The zero-order chi connectivity index (χ0) is 18.9. The molecule has 1 unspecified atom stereocenters. The van der Waals surface area contributed by atoms with Crippen LogP contribution in [-0.4, -0.2) is 60.1 Å². The molecule has 3 rings (SSSR count). The number of carbonyl (C=O) groups excluding carboxylic acids is 2. The third kappa shape index (κ3) is 4.13. The van der Waals surface area contributed by atoms with Crippen molar-refractivity contribution in [2.24, 2.45) is 5.73 Å². The molecule has 0 aromatic carbocycles. The Morgan fingerprint density at radius 2 is 2.27 bits per heavy atom. The van der Waals surface area contributed by atoms with Gasteiger partial charge in [0.15, 0.2) is 0 Å². The zero-order valence-corrected chi connectivity index (χ0v) is 15.1. The quantitative estimate of drug-likeness (QED) is 0.416. The number of hydroxylamine groups is 3. The van der Waals surface area contributed by atoms with E-state index in [0.29, 0.717) is 17.9 Å². The van der Waals surface area contributed by atoms with E-state index in [-0.39, 0.29) is 13.2 Å². The number of urea groups is 1. The van der Waals surface area contributed by atoms with Crippen molar-refractivity contribution in [1.82, 2.24) is 15.4 Å². The molecule has 2 bridgehead atoms. The third-order valence-corrected chi connectivity index (χ3v) is 5.50. The number of thiophene rings is 1. The summed E-state index contributed by atoms with van der Waals surface area (Å²) >= 11 is 1.47. The SMILES string of the molecule is NC(CONC(=O)[C@@H]1CC[C@@H]2CN1C(=O)N2OS(=O)(=O)O)c1cccs1. The van der Waals surface area contributed by atoms with Gasteiger partial charge in [0.25, 0.3) is 5.91 Å². The van der Waals surface area contributed by atoms with Gasteiger partial charge in [0.2, 0.25) is 0 Å². The van der Waals surface area contributed by atoms with Crippen LogP contribution in [-0.2, 0) is 24.3 Å². The topological polar surface area (TPSA) is 151 Å². The highest BCUT2D eigenvalue weighted by molar-refractivity contribution is 7.80. The lowest BCUT2D eigenvalue weighted by Crippen LogP contribution is -2.50. The second-order valence-corrected chi connectivity index (χ2v) is 7.89. The van der Waals surface area contributed by atoms with Crippen molar-refractivity contribution < 1.29 is 31.7 Å². The van der Waals surface area contributed by atoms with Crippen molar-refractivity contribution in [3.63, 3.8) is 0 Å². The number of hydrogen-bond donors (Lipinski definition) is 3. The summed E-state index contributed by atoms with van der Waals surface area (Å²) < 4.78 is 34.8. The van der Waals surface area contributed by atoms with Gasteiger partial charge in [-0.15, -0.1) is 15.6 Å². The monoisotopic (exact) mass is 406 g/mol. The van der Waals surface area contributed by atoms with E-state index in [1.165, 1.54) is 16.2 Å². The van der Waals surface area contributed by atoms with Gasteiger partial charge in [0, 0.05) is 11.4 Å². The number of piperidine rings is 1. The van der Waals surface area contributed by atoms with E-state index in [2.05, 4.69) is 9.76 Å². The summed E-state index contributed by atoms with van der Waals surface area (Å²) in [6.45, 7) is 0.175. The average molecular weight is 406 g/mol. The molecule has 0 spiro atoms. The van der Waals surface area contributed by atoms with Crippen LogP contribution in [0.5, 0.6) is 0 Å². The van der Waals surface area contributed by atoms with E-state index >= 15 is 0 Å². The number of nitrogens with two attached hydrogens (primary N) is 1. The molecule has 13 heteroatoms. The molecule has 3 atom stereocenters. The van der Waals surface area contributed by atoms with E-state index in [0.717, 1.165) is 4.88 Å². The van der Waals surface area contributed by atoms with Gasteiger partial charge in [-0.3, -0.25) is 14.2 Å². The van der Waals surface area contributed by atoms with Gasteiger partial charge in [-0.05, 0) is 24.3 Å². The summed E-state index contributed by atoms with van der Waals surface area (Å²) in [5.41, 5.74) is 8.21. The van der Waals surface area contributed by atoms with Crippen LogP contribution in [0.2, 0.25) is 0 Å². The van der Waals surface area contributed by atoms with E-state index in [4.69, 9.17) is 15.1 Å². The van der Waals surface area contributed by atoms with Crippen LogP contribution in [0.4, 0.5) is 4.79 Å². The molecular formula is C13H18N4O7S2. The number of fused-ring (bicyclic) bond motifs is 2. The standard InChI is InChI=1S/C13H18N4O7S2/c14-9(11-2-1-5-25-11)7-23-15-12(18)10-4-3-8-6-16(10)13(19)17(8)24-26(20,21)22/h1-2,5,8-10H,3-4,6-7,14H2,(H,15,18)(H,20,21,22)/t8-,9?,10+/m1/s1. The smallest absolute Gasteiger partial charge is 0.321 e. The van der Waals surface area contributed by atoms with Gasteiger partial charge in [-0.25, -0.2) is 10.3 Å². The van der Waals surface area contributed by atoms with Gasteiger partial charge >= 0.3 is 16.4 Å². The van der Waals surface area contributed by atoms with Crippen LogP contribution in [0.25, 0.3) is 0 Å². The first kappa shape index (κ1) is 19.0. The minimum absolute atomic E-state index is 0.0630. The summed E-state index contributed by atoms with van der Waals surface area (Å²) in [6.07, 6.45) is 0.637. The minimum atomic E-state index is -4.82. The molecule has 2 aliphatic heterocycles. The van der Waals surface area contributed by atoms with Gasteiger partial charge < -0.3 is 10.6 Å². The van der Waals surface area contributed by atoms with Crippen LogP contribution < -0.4 is 11.2 Å². The zero-order valence-electron chi connectivity index (χ0n) is 13.5. The fourth-order valence-corrected chi connectivity index (χ4v) is 4.06. The Labute approximate surface area is 153 Å². The van der Waals surface area contributed by atoms with Crippen molar-refractivity contribution in [2.45, 2.75) is 31.0 Å². The molecule has 0 aliphatic carbocycles. The molecule has 26 heavy (non-hydrogen) atoms. The van der Waals surface area contributed by atoms with Crippen LogP contribution in [0.1, 0.15) is 23.8 Å². The Hall–Kier alpha value is -1.77. The lowest BCUT2D eigenvalue weighted by atomic mass is 10.0. The molecular weight excluding hydrogens is 388 g/mol. The number of carbonyl (C=O) groups is 2. The fraction of sp³-hybridized carbons (Fsp3) is 0.538. The van der Waals surface area contributed by atoms with Crippen molar-refractivity contribution in [2.75, 3.05) is 13.2 Å². The number of nitrogens with zero attached hydrogens (tertiary/aromatic N) is 2. The lowest BCUT2D eigenvalue weighted by molar-refractivity contribution is -0.139. The Bertz CT molecular complexity index is 769. The molecule has 4 N–H and O–H groups in total. The van der Waals surface area contributed by atoms with Gasteiger partial charge in [0.1, 0.15) is 6.04 Å². The van der Waals surface area contributed by atoms with Crippen LogP contribution >= 0.6 is 11.3 Å². The number of nitrogens with one attached hydrogen (secondary N) is 1. The van der Waals surface area contributed by atoms with Crippen molar-refractivity contribution in [1.29, 1.82) is 0 Å². The van der Waals surface area contributed by atoms with Crippen LogP contribution in [0.15, 0.2) is 17.5 Å². The van der Waals surface area contributed by atoms with Gasteiger partial charge in [-0.1, -0.05) is 6.07 Å². The van der Waals surface area contributed by atoms with Gasteiger partial charge in [0.05, 0.1) is 18.7 Å². The first-order valence-electron chi connectivity index (χ1n) is 7.73. The summed E-state index contributed by atoms with van der Waals surface area (Å²) in [6, 6.07) is 1.14. The second-order valence-electron chi connectivity index (χ2n) is 5.91. The second kappa shape index (κ2) is 7.46. The summed E-state index contributed by atoms with van der Waals surface area (Å²) in [5.74, 6) is -0.538. The Morgan fingerprint density at radius 1 is 1.50 bits per heavy atom. The molecule has 11 nitrogen and oxygen atoms in total. The largest absolute Gasteiger partial charge is 0.418 e. The molecule has 3 heterocycles. The average Bonchev–Trinajstić information content (AvgIpc) is 3.18. The molecule has 1 aromatic heterocycles. The van der Waals surface area contributed by atoms with Crippen molar-refractivity contribution in [3.05, 3.63) is 22.4 Å². The maximum absolute atomic E-state index is 12.3. The molecule has 2 saturated heterocycles. The Kier molecular flexibility index (Phi) is 5.45. The van der Waals surface area contributed by atoms with E-state index < -0.39 is 40.5 Å². The predicted molar refractivity (Wildman–Crippen MR) is 88.7 cm³/mol. The highest BCUT2D eigenvalue weighted by Crippen LogP contribution is 2.30. The maximum atomic E-state index is 12.3. The van der Waals surface area contributed by atoms with Crippen molar-refractivity contribution >= 4 is 33.7 Å². The fourth-order valence-electron chi connectivity index (χ4n) is 2.96. The molecule has 3 amide bonds. The van der Waals surface area contributed by atoms with Crippen LogP contribution in [0, 0.1) is 0 Å². The number of hydrogen-bond acceptors (Lipinski definition) is 8. The molecule has 0 radical (unpaired) electrons. The molecule has 0 saturated carbocycles. The van der Waals surface area contributed by atoms with Crippen molar-refractivity contribution in [3.8, 4) is 0 Å². The molecule has 2 fully saturated rings. The van der Waals surface area contributed by atoms with E-state index in [1.54, 1.807) is 0 Å². The first-order chi connectivity index (χ1) is 12.3. The maximum Gasteiger partial charge on any atom is 0.418 e. The minimum Gasteiger partial charge on any atom is -0.321 e. The van der Waals surface area contributed by atoms with E-state index in [9.17, 15) is 18.0 Å². The number of amides is 3. The molecule has 1 aromatic rings. The Morgan fingerprint density at radius 3 is 2.92 bits per heavy atom. The molecule has 2 aliphatic rings. The highest BCUT2D eigenvalue weighted by Gasteiger charge is 2.49. The predicted octanol–water partition coefficient (Wildman–Crippen LogP) is -0.201. The Balaban J connectivity index is 1.53.